The van der Waals surface area contributed by atoms with E-state index in [9.17, 15) is 0 Å². The lowest BCUT2D eigenvalue weighted by Gasteiger charge is -2.11. The molecule has 0 aromatic heterocycles. The van der Waals surface area contributed by atoms with Gasteiger partial charge in [-0.15, -0.1) is 5.92 Å². The van der Waals surface area contributed by atoms with Crippen molar-refractivity contribution in [3.05, 3.63) is 47.5 Å². The smallest absolute Gasteiger partial charge is 0.149 e. The molecule has 0 N–H and O–H groups in total. The average molecular weight is 250 g/mol. The van der Waals surface area contributed by atoms with Crippen LogP contribution in [0.5, 0.6) is 5.75 Å². The SMILES string of the molecule is CC#CCOc1c(C=C(C)C)ccc2ccccc12. The van der Waals surface area contributed by atoms with Gasteiger partial charge in [-0.25, -0.2) is 0 Å². The highest BCUT2D eigenvalue weighted by atomic mass is 16.5. The van der Waals surface area contributed by atoms with Gasteiger partial charge in [0, 0.05) is 10.9 Å². The first-order valence-corrected chi connectivity index (χ1v) is 6.41. The van der Waals surface area contributed by atoms with E-state index in [2.05, 4.69) is 56.0 Å². The van der Waals surface area contributed by atoms with Crippen molar-refractivity contribution in [3.63, 3.8) is 0 Å². The monoisotopic (exact) mass is 250 g/mol. The van der Waals surface area contributed by atoms with E-state index in [1.165, 1.54) is 11.0 Å². The molecule has 0 amide bonds. The lowest BCUT2D eigenvalue weighted by atomic mass is 10.0. The summed E-state index contributed by atoms with van der Waals surface area (Å²) in [5.41, 5.74) is 2.36. The van der Waals surface area contributed by atoms with Crippen LogP contribution in [0, 0.1) is 11.8 Å². The summed E-state index contributed by atoms with van der Waals surface area (Å²) in [7, 11) is 0. The van der Waals surface area contributed by atoms with Crippen molar-refractivity contribution in [1.82, 2.24) is 0 Å². The zero-order valence-corrected chi connectivity index (χ0v) is 11.7. The van der Waals surface area contributed by atoms with E-state index in [-0.39, 0.29) is 0 Å². The molecule has 0 heterocycles. The van der Waals surface area contributed by atoms with Crippen LogP contribution in [0.15, 0.2) is 42.0 Å². The Balaban J connectivity index is 2.56. The molecule has 0 saturated carbocycles. The standard InChI is InChI=1S/C18H18O/c1-4-5-12-19-18-16(13-14(2)3)11-10-15-8-6-7-9-17(15)18/h6-11,13H,12H2,1-3H3. The van der Waals surface area contributed by atoms with E-state index in [1.807, 2.05) is 19.1 Å². The summed E-state index contributed by atoms with van der Waals surface area (Å²) in [6, 6.07) is 12.5. The van der Waals surface area contributed by atoms with Gasteiger partial charge in [0.25, 0.3) is 0 Å². The predicted molar refractivity (Wildman–Crippen MR) is 82.2 cm³/mol. The normalized spacial score (nSPS) is 9.63. The van der Waals surface area contributed by atoms with E-state index >= 15 is 0 Å². The highest BCUT2D eigenvalue weighted by molar-refractivity contribution is 5.91. The van der Waals surface area contributed by atoms with Gasteiger partial charge < -0.3 is 4.74 Å². The van der Waals surface area contributed by atoms with Crippen LogP contribution in [0.1, 0.15) is 26.3 Å². The Labute approximate surface area is 114 Å². The minimum Gasteiger partial charge on any atom is -0.480 e. The molecular formula is C18H18O. The molecule has 19 heavy (non-hydrogen) atoms. The minimum atomic E-state index is 0.425. The first-order valence-electron chi connectivity index (χ1n) is 6.41. The molecule has 96 valence electrons. The van der Waals surface area contributed by atoms with E-state index in [4.69, 9.17) is 4.74 Å². The molecule has 2 aromatic carbocycles. The average Bonchev–Trinajstić information content (AvgIpc) is 2.40. The second kappa shape index (κ2) is 6.11. The summed E-state index contributed by atoms with van der Waals surface area (Å²) in [5, 5.41) is 2.32. The van der Waals surface area contributed by atoms with Gasteiger partial charge in [0.2, 0.25) is 0 Å². The minimum absolute atomic E-state index is 0.425. The topological polar surface area (TPSA) is 9.23 Å². The van der Waals surface area contributed by atoms with Crippen LogP contribution in [0.4, 0.5) is 0 Å². The second-order valence-corrected chi connectivity index (χ2v) is 4.64. The molecule has 2 aromatic rings. The maximum Gasteiger partial charge on any atom is 0.149 e. The fourth-order valence-electron chi connectivity index (χ4n) is 2.03. The number of ether oxygens (including phenoxy) is 1. The highest BCUT2D eigenvalue weighted by Gasteiger charge is 2.06. The highest BCUT2D eigenvalue weighted by Crippen LogP contribution is 2.31. The lowest BCUT2D eigenvalue weighted by Crippen LogP contribution is -1.97. The zero-order valence-electron chi connectivity index (χ0n) is 11.7. The molecular weight excluding hydrogens is 232 g/mol. The van der Waals surface area contributed by atoms with Crippen LogP contribution < -0.4 is 4.74 Å². The van der Waals surface area contributed by atoms with Gasteiger partial charge in [-0.05, 0) is 26.2 Å². The molecule has 0 atom stereocenters. The lowest BCUT2D eigenvalue weighted by molar-refractivity contribution is 0.374. The Kier molecular flexibility index (Phi) is 4.26. The summed E-state index contributed by atoms with van der Waals surface area (Å²) < 4.78 is 5.87. The first-order chi connectivity index (χ1) is 9.22. The number of benzene rings is 2. The summed E-state index contributed by atoms with van der Waals surface area (Å²) >= 11 is 0. The van der Waals surface area contributed by atoms with Crippen molar-refractivity contribution in [2.45, 2.75) is 20.8 Å². The summed E-state index contributed by atoms with van der Waals surface area (Å²) in [6.07, 6.45) is 2.14. The van der Waals surface area contributed by atoms with Gasteiger partial charge in [-0.3, -0.25) is 0 Å². The van der Waals surface area contributed by atoms with Crippen molar-refractivity contribution in [2.75, 3.05) is 6.61 Å². The Morgan fingerprint density at radius 3 is 2.68 bits per heavy atom. The van der Waals surface area contributed by atoms with Gasteiger partial charge in [0.15, 0.2) is 0 Å². The molecule has 0 aliphatic rings. The molecule has 0 fully saturated rings. The van der Waals surface area contributed by atoms with Crippen LogP contribution in [0.3, 0.4) is 0 Å². The number of allylic oxidation sites excluding steroid dienone is 1. The van der Waals surface area contributed by atoms with E-state index in [0.717, 1.165) is 16.7 Å². The van der Waals surface area contributed by atoms with E-state index < -0.39 is 0 Å². The van der Waals surface area contributed by atoms with Crippen LogP contribution in [0.2, 0.25) is 0 Å². The van der Waals surface area contributed by atoms with Gasteiger partial charge in [0.05, 0.1) is 0 Å². The Morgan fingerprint density at radius 2 is 1.95 bits per heavy atom. The van der Waals surface area contributed by atoms with Gasteiger partial charge >= 0.3 is 0 Å². The van der Waals surface area contributed by atoms with Gasteiger partial charge in [0.1, 0.15) is 12.4 Å². The number of rotatable bonds is 3. The summed E-state index contributed by atoms with van der Waals surface area (Å²) in [4.78, 5) is 0. The third-order valence-electron chi connectivity index (χ3n) is 2.82. The molecule has 0 spiro atoms. The largest absolute Gasteiger partial charge is 0.480 e. The predicted octanol–water partition coefficient (Wildman–Crippen LogP) is 4.67. The maximum absolute atomic E-state index is 5.87. The zero-order chi connectivity index (χ0) is 13.7. The summed E-state index contributed by atoms with van der Waals surface area (Å²) in [5.74, 6) is 6.72. The first kappa shape index (κ1) is 13.2. The Morgan fingerprint density at radius 1 is 1.16 bits per heavy atom. The molecule has 0 saturated heterocycles. The molecule has 1 nitrogen and oxygen atoms in total. The van der Waals surface area contributed by atoms with Crippen LogP contribution >= 0.6 is 0 Å². The number of hydrogen-bond acceptors (Lipinski definition) is 1. The van der Waals surface area contributed by atoms with E-state index in [0.29, 0.717) is 6.61 Å². The molecule has 0 unspecified atom stereocenters. The molecule has 0 aliphatic carbocycles. The number of hydrogen-bond donors (Lipinski definition) is 0. The summed E-state index contributed by atoms with van der Waals surface area (Å²) in [6.45, 7) is 6.42. The van der Waals surface area contributed by atoms with Crippen molar-refractivity contribution in [3.8, 4) is 17.6 Å². The maximum atomic E-state index is 5.87. The van der Waals surface area contributed by atoms with Crippen LogP contribution in [-0.2, 0) is 0 Å². The Hall–Kier alpha value is -2.20. The van der Waals surface area contributed by atoms with Crippen molar-refractivity contribution >= 4 is 16.8 Å². The van der Waals surface area contributed by atoms with Crippen LogP contribution in [0.25, 0.3) is 16.8 Å². The van der Waals surface area contributed by atoms with Crippen molar-refractivity contribution in [1.29, 1.82) is 0 Å². The van der Waals surface area contributed by atoms with Crippen molar-refractivity contribution < 1.29 is 4.74 Å². The number of fused-ring (bicyclic) bond motifs is 1. The van der Waals surface area contributed by atoms with Crippen LogP contribution in [-0.4, -0.2) is 6.61 Å². The molecule has 0 radical (unpaired) electrons. The quantitative estimate of drug-likeness (QED) is 0.719. The molecule has 0 aliphatic heterocycles. The van der Waals surface area contributed by atoms with Gasteiger partial charge in [-0.1, -0.05) is 54.0 Å². The third-order valence-corrected chi connectivity index (χ3v) is 2.82. The van der Waals surface area contributed by atoms with E-state index in [1.54, 1.807) is 0 Å². The Bertz CT molecular complexity index is 665. The molecule has 2 rings (SSSR count). The molecule has 0 bridgehead atoms. The third kappa shape index (κ3) is 3.17. The fourth-order valence-corrected chi connectivity index (χ4v) is 2.03. The molecule has 1 heteroatoms. The van der Waals surface area contributed by atoms with Crippen molar-refractivity contribution in [2.24, 2.45) is 0 Å². The van der Waals surface area contributed by atoms with Gasteiger partial charge in [-0.2, -0.15) is 0 Å². The second-order valence-electron chi connectivity index (χ2n) is 4.64. The fraction of sp³-hybridized carbons (Fsp3) is 0.222.